The number of rotatable bonds is 11. The van der Waals surface area contributed by atoms with Gasteiger partial charge in [-0.15, -0.1) is 0 Å². The Bertz CT molecular complexity index is 3420. The van der Waals surface area contributed by atoms with E-state index in [1.54, 1.807) is 23.4 Å². The van der Waals surface area contributed by atoms with Crippen LogP contribution in [0.1, 0.15) is 141 Å². The van der Waals surface area contributed by atoms with Crippen molar-refractivity contribution in [3.8, 4) is 5.75 Å². The number of hydrogen-bond acceptors (Lipinski definition) is 13. The predicted octanol–water partition coefficient (Wildman–Crippen LogP) is 15.2. The standard InChI is InChI=1S/C22H31N2O3P.C21H29N2O4P.C20H26N2.C2H6ClO3P/c1-5-16-11-15-12-19-21(16)23(13-15)9-8-17-18-10-14(2)6-7-20(18)24(22(17)19)28(25,26-3)27-4;1-4-14-9-13-10-18-20(14)22(12-13)8-7-16-17-11-15(24)5-6-19(17)23(21(16)18)28(25,26-2)27-3;1-3-14-9-13-10-17-19-15(6-7-22(11-13)20(14)17)16-8-12(2)4-5-18(16)21-19;1-5-7(3,4)6-2/h6-7,10,15-16,19,21H,5,8-9,11-13H2,1-4H3;5-6,11,13-14,18,20,24H,4,7-10,12H2,1-3H3;4-5,8,13-14,17,20-21H,3,6-7,9-11H2,1-2H3;1-2H3/t15-,16-,19+,21?;13-,14-,18+,20?;13-,14-,17-,20?;/m000./s1. The molecule has 6 saturated heterocycles. The predicted molar refractivity (Wildman–Crippen MR) is 340 cm³/mol. The second kappa shape index (κ2) is 24.5. The number of phenolic OH excluding ortho intramolecular Hbond substituents is 1. The van der Waals surface area contributed by atoms with E-state index in [0.29, 0.717) is 35.8 Å². The van der Waals surface area contributed by atoms with Crippen molar-refractivity contribution in [1.29, 1.82) is 0 Å². The molecule has 85 heavy (non-hydrogen) atoms. The third kappa shape index (κ3) is 10.8. The number of aryl methyl sites for hydroxylation is 2. The molecule has 0 radical (unpaired) electrons. The summed E-state index contributed by atoms with van der Waals surface area (Å²) in [6.45, 7) is 15.3. The molecule has 3 saturated carbocycles. The Morgan fingerprint density at radius 2 is 0.918 bits per heavy atom. The Morgan fingerprint density at radius 1 is 0.518 bits per heavy atom. The number of benzene rings is 3. The number of nitrogens with one attached hydrogen (secondary N) is 1. The molecule has 3 aromatic heterocycles. The lowest BCUT2D eigenvalue weighted by Gasteiger charge is -2.53. The minimum absolute atomic E-state index is 0.234. The van der Waals surface area contributed by atoms with Crippen LogP contribution < -0.4 is 0 Å². The van der Waals surface area contributed by atoms with E-state index in [2.05, 4.69) is 99.7 Å². The van der Waals surface area contributed by atoms with Crippen LogP contribution in [-0.2, 0) is 60.1 Å². The molecule has 12 heterocycles. The average Bonchev–Trinajstić information content (AvgIpc) is 1.66. The van der Waals surface area contributed by atoms with Crippen LogP contribution in [0.4, 0.5) is 0 Å². The van der Waals surface area contributed by atoms with E-state index in [0.717, 1.165) is 90.1 Å². The maximum atomic E-state index is 13.7. The minimum Gasteiger partial charge on any atom is -0.508 e. The molecule has 12 bridgehead atoms. The molecule has 0 amide bonds. The lowest BCUT2D eigenvalue weighted by molar-refractivity contribution is -0.0138. The van der Waals surface area contributed by atoms with E-state index < -0.39 is 22.4 Å². The van der Waals surface area contributed by atoms with Gasteiger partial charge in [-0.2, -0.15) is 0 Å². The van der Waals surface area contributed by atoms with Gasteiger partial charge < -0.3 is 19.1 Å². The first kappa shape index (κ1) is 61.9. The molecule has 12 aliphatic rings. The van der Waals surface area contributed by atoms with Gasteiger partial charge in [-0.05, 0) is 166 Å². The van der Waals surface area contributed by atoms with E-state index in [-0.39, 0.29) is 5.75 Å². The Kier molecular flexibility index (Phi) is 17.8. The molecular formula is C65H92ClN6O10P3. The van der Waals surface area contributed by atoms with Gasteiger partial charge in [0.2, 0.25) is 0 Å². The van der Waals surface area contributed by atoms with Crippen molar-refractivity contribution in [2.75, 3.05) is 81.9 Å². The van der Waals surface area contributed by atoms with Gasteiger partial charge in [-0.3, -0.25) is 41.5 Å². The number of phenols is 1. The summed E-state index contributed by atoms with van der Waals surface area (Å²) in [6.07, 6.45) is 14.7. The molecule has 9 aliphatic heterocycles. The second-order valence-electron chi connectivity index (χ2n) is 26.1. The number of aromatic amines is 1. The highest BCUT2D eigenvalue weighted by atomic mass is 35.7. The summed E-state index contributed by atoms with van der Waals surface area (Å²) in [5.74, 6) is 6.38. The smallest absolute Gasteiger partial charge is 0.439 e. The molecule has 2 N–H and O–H groups in total. The summed E-state index contributed by atoms with van der Waals surface area (Å²) >= 11 is 5.02. The zero-order valence-electron chi connectivity index (χ0n) is 51.9. The molecule has 20 heteroatoms. The van der Waals surface area contributed by atoms with Gasteiger partial charge in [0.05, 0.1) is 11.0 Å². The number of hydrogen-bond donors (Lipinski definition) is 2. The quantitative estimate of drug-likeness (QED) is 0.118. The molecule has 464 valence electrons. The van der Waals surface area contributed by atoms with Crippen LogP contribution in [0.3, 0.4) is 0 Å². The molecule has 3 aromatic carbocycles. The molecule has 16 nitrogen and oxygen atoms in total. The second-order valence-corrected chi connectivity index (χ2v) is 33.1. The number of fused-ring (bicyclic) bond motifs is 12. The molecular weight excluding hydrogens is 1150 g/mol. The molecule has 3 aliphatic carbocycles. The van der Waals surface area contributed by atoms with Crippen molar-refractivity contribution in [3.63, 3.8) is 0 Å². The van der Waals surface area contributed by atoms with Crippen molar-refractivity contribution in [1.82, 2.24) is 28.4 Å². The topological polar surface area (TPSA) is 162 Å². The van der Waals surface area contributed by atoms with Crippen LogP contribution in [0.25, 0.3) is 32.7 Å². The normalized spacial score (nSPS) is 31.3. The lowest BCUT2D eigenvalue weighted by Crippen LogP contribution is -2.56. The third-order valence-electron chi connectivity index (χ3n) is 21.9. The van der Waals surface area contributed by atoms with Crippen LogP contribution in [0.5, 0.6) is 5.75 Å². The highest BCUT2D eigenvalue weighted by molar-refractivity contribution is 7.81. The highest BCUT2D eigenvalue weighted by Crippen LogP contribution is 2.61. The van der Waals surface area contributed by atoms with E-state index >= 15 is 0 Å². The van der Waals surface area contributed by atoms with E-state index in [9.17, 15) is 18.8 Å². The van der Waals surface area contributed by atoms with E-state index in [1.807, 2.05) is 14.7 Å². The monoisotopic (exact) mass is 1240 g/mol. The molecule has 9 fully saturated rings. The van der Waals surface area contributed by atoms with Gasteiger partial charge in [0, 0.05) is 168 Å². The Hall–Kier alpha value is -3.30. The summed E-state index contributed by atoms with van der Waals surface area (Å²) in [6, 6.07) is 20.5. The molecule has 6 unspecified atom stereocenters. The van der Waals surface area contributed by atoms with E-state index in [4.69, 9.17) is 29.3 Å². The van der Waals surface area contributed by atoms with Crippen LogP contribution in [0.2, 0.25) is 0 Å². The van der Waals surface area contributed by atoms with Crippen LogP contribution in [0, 0.1) is 49.4 Å². The SMILES string of the molecule is CC[C@H]1C[C@H]2C[C@H]3c4[nH]c5ccc(C)cc5c4CCN(C2)C13.CC[C@H]1C[C@H]2C[C@H]3c4c(c5cc(C)ccc5n4P(=O)(OC)OC)CCN(C2)C13.CC[C@H]1C[C@H]2C[C@H]3c4c(c5cc(O)ccc5n4P(=O)(OC)OC)CCN(C2)C13.COP(=O)(Cl)OC. The first-order valence-electron chi connectivity index (χ1n) is 31.6. The van der Waals surface area contributed by atoms with E-state index in [1.165, 1.54) is 171 Å². The number of aromatic hydroxyl groups is 1. The molecule has 18 rings (SSSR count). The number of nitrogens with zero attached hydrogens (tertiary/aromatic N) is 5. The number of halogens is 1. The molecule has 0 spiro atoms. The van der Waals surface area contributed by atoms with Gasteiger partial charge in [-0.25, -0.2) is 13.7 Å². The highest BCUT2D eigenvalue weighted by Gasteiger charge is 2.53. The summed E-state index contributed by atoms with van der Waals surface area (Å²) in [5.41, 5.74) is 13.9. The van der Waals surface area contributed by atoms with Crippen LogP contribution in [0.15, 0.2) is 54.6 Å². The van der Waals surface area contributed by atoms with Crippen molar-refractivity contribution < 1.29 is 45.9 Å². The fourth-order valence-corrected chi connectivity index (χ4v) is 21.7. The van der Waals surface area contributed by atoms with Gasteiger partial charge in [0.25, 0.3) is 0 Å². The molecule has 6 aromatic rings. The summed E-state index contributed by atoms with van der Waals surface area (Å²) in [4.78, 5) is 12.1. The van der Waals surface area contributed by atoms with Crippen molar-refractivity contribution in [2.45, 2.75) is 148 Å². The Labute approximate surface area is 508 Å². The van der Waals surface area contributed by atoms with Gasteiger partial charge in [0.1, 0.15) is 5.75 Å². The number of aromatic nitrogens is 3. The number of piperidine rings is 6. The third-order valence-corrected chi connectivity index (χ3v) is 27.3. The maximum Gasteiger partial charge on any atom is 0.439 e. The summed E-state index contributed by atoms with van der Waals surface area (Å²) in [5, 5.41) is 13.8. The van der Waals surface area contributed by atoms with Crippen molar-refractivity contribution >= 4 is 66.4 Å². The number of H-pyrrole nitrogens is 1. The average molecular weight is 1250 g/mol. The Balaban J connectivity index is 0.000000119. The lowest BCUT2D eigenvalue weighted by atomic mass is 9.65. The fraction of sp³-hybridized carbons (Fsp3) is 0.631. The molecule has 15 atom stereocenters. The van der Waals surface area contributed by atoms with Crippen LogP contribution in [-0.4, -0.2) is 134 Å². The van der Waals surface area contributed by atoms with Crippen molar-refractivity contribution in [3.05, 3.63) is 99.5 Å². The largest absolute Gasteiger partial charge is 0.508 e. The minimum atomic E-state index is -3.51. The van der Waals surface area contributed by atoms with Crippen LogP contribution >= 0.6 is 33.7 Å². The van der Waals surface area contributed by atoms with Gasteiger partial charge >= 0.3 is 22.4 Å². The first-order valence-corrected chi connectivity index (χ1v) is 37.0. The van der Waals surface area contributed by atoms with Gasteiger partial charge in [-0.1, -0.05) is 63.3 Å². The summed E-state index contributed by atoms with van der Waals surface area (Å²) in [7, 11) is 1.42. The summed E-state index contributed by atoms with van der Waals surface area (Å²) < 4.78 is 71.8. The van der Waals surface area contributed by atoms with Gasteiger partial charge in [0.15, 0.2) is 0 Å². The maximum absolute atomic E-state index is 13.7. The Morgan fingerprint density at radius 3 is 1.35 bits per heavy atom. The van der Waals surface area contributed by atoms with Crippen molar-refractivity contribution in [2.24, 2.45) is 35.5 Å². The fourth-order valence-electron chi connectivity index (χ4n) is 18.6. The first-order chi connectivity index (χ1) is 40.9. The zero-order valence-corrected chi connectivity index (χ0v) is 55.4. The zero-order chi connectivity index (χ0) is 60.0.